The van der Waals surface area contributed by atoms with Crippen molar-refractivity contribution in [1.82, 2.24) is 4.98 Å². The predicted octanol–water partition coefficient (Wildman–Crippen LogP) is 2.82. The van der Waals surface area contributed by atoms with Crippen molar-refractivity contribution in [2.24, 2.45) is 0 Å². The summed E-state index contributed by atoms with van der Waals surface area (Å²) in [6, 6.07) is 11.6. The number of likely N-dealkylation sites (tertiary alicyclic amines) is 1. The van der Waals surface area contributed by atoms with E-state index in [0.29, 0.717) is 29.5 Å². The highest BCUT2D eigenvalue weighted by Gasteiger charge is 2.32. The standard InChI is InChI=1S/C24H24N2O3/c1-15-6-4-5-11-26(15)14-19-21(27)10-9-18-23(28)22(29-24(18)19)12-16-13-25-20-8-3-2-7-17(16)20/h2-3,7-10,12-13,15,25,27H,4-6,11,14H2,1H3. The van der Waals surface area contributed by atoms with E-state index in [4.69, 9.17) is 4.74 Å². The molecule has 3 heterocycles. The highest BCUT2D eigenvalue weighted by atomic mass is 16.5. The van der Waals surface area contributed by atoms with Crippen LogP contribution in [-0.2, 0) is 6.54 Å². The van der Waals surface area contributed by atoms with Gasteiger partial charge in [0, 0.05) is 28.2 Å². The number of ketones is 1. The van der Waals surface area contributed by atoms with Crippen molar-refractivity contribution in [3.63, 3.8) is 0 Å². The topological polar surface area (TPSA) is 69.6 Å². The van der Waals surface area contributed by atoms with Crippen LogP contribution < -0.4 is 14.7 Å². The minimum absolute atomic E-state index is 0.0461. The van der Waals surface area contributed by atoms with Crippen LogP contribution in [0.4, 0.5) is 0 Å². The van der Waals surface area contributed by atoms with E-state index in [1.807, 2.05) is 30.5 Å². The van der Waals surface area contributed by atoms with Gasteiger partial charge < -0.3 is 19.7 Å². The SMILES string of the molecule is CC1CCCC[NH+]1Cc1c([O-])ccc2c1OC(=Cc1c[nH]c3ccccc13)C2=O. The molecule has 1 fully saturated rings. The number of hydrogen-bond acceptors (Lipinski definition) is 3. The number of hydrogen-bond donors (Lipinski definition) is 2. The molecule has 2 unspecified atom stereocenters. The highest BCUT2D eigenvalue weighted by Crippen LogP contribution is 2.38. The van der Waals surface area contributed by atoms with E-state index in [1.54, 1.807) is 12.1 Å². The lowest BCUT2D eigenvalue weighted by atomic mass is 10.0. The second-order valence-electron chi connectivity index (χ2n) is 8.13. The van der Waals surface area contributed by atoms with Crippen molar-refractivity contribution in [3.8, 4) is 11.5 Å². The Morgan fingerprint density at radius 1 is 1.24 bits per heavy atom. The normalized spacial score (nSPS) is 22.8. The van der Waals surface area contributed by atoms with Crippen molar-refractivity contribution < 1.29 is 19.5 Å². The Morgan fingerprint density at radius 2 is 2.10 bits per heavy atom. The third-order valence-electron chi connectivity index (χ3n) is 6.29. The van der Waals surface area contributed by atoms with Crippen LogP contribution in [0.1, 0.15) is 47.7 Å². The first-order chi connectivity index (χ1) is 14.1. The van der Waals surface area contributed by atoms with Crippen LogP contribution >= 0.6 is 0 Å². The van der Waals surface area contributed by atoms with E-state index in [0.717, 1.165) is 23.0 Å². The zero-order chi connectivity index (χ0) is 20.0. The molecule has 0 bridgehead atoms. The molecule has 29 heavy (non-hydrogen) atoms. The average Bonchev–Trinajstić information content (AvgIpc) is 3.28. The lowest BCUT2D eigenvalue weighted by molar-refractivity contribution is -0.942. The van der Waals surface area contributed by atoms with Crippen LogP contribution in [-0.4, -0.2) is 23.4 Å². The number of para-hydroxylation sites is 1. The summed E-state index contributed by atoms with van der Waals surface area (Å²) in [4.78, 5) is 17.6. The second-order valence-corrected chi connectivity index (χ2v) is 8.13. The summed E-state index contributed by atoms with van der Waals surface area (Å²) in [5.74, 6) is 0.528. The number of H-pyrrole nitrogens is 1. The molecule has 2 N–H and O–H groups in total. The van der Waals surface area contributed by atoms with Crippen molar-refractivity contribution in [1.29, 1.82) is 0 Å². The summed E-state index contributed by atoms with van der Waals surface area (Å²) in [6.07, 6.45) is 7.23. The van der Waals surface area contributed by atoms with Gasteiger partial charge in [0.2, 0.25) is 5.78 Å². The fourth-order valence-corrected chi connectivity index (χ4v) is 4.55. The fraction of sp³-hybridized carbons (Fsp3) is 0.292. The molecule has 0 spiro atoms. The molecule has 2 aliphatic heterocycles. The van der Waals surface area contributed by atoms with Gasteiger partial charge in [-0.2, -0.15) is 0 Å². The predicted molar refractivity (Wildman–Crippen MR) is 110 cm³/mol. The van der Waals surface area contributed by atoms with E-state index < -0.39 is 0 Å². The van der Waals surface area contributed by atoms with Crippen LogP contribution in [0.2, 0.25) is 0 Å². The molecular weight excluding hydrogens is 364 g/mol. The molecule has 5 heteroatoms. The molecule has 0 radical (unpaired) electrons. The number of carbonyl (C=O) groups excluding carboxylic acids is 1. The maximum Gasteiger partial charge on any atom is 0.231 e. The molecule has 5 rings (SSSR count). The van der Waals surface area contributed by atoms with Crippen LogP contribution in [0.15, 0.2) is 48.4 Å². The van der Waals surface area contributed by atoms with Gasteiger partial charge in [-0.05, 0) is 44.4 Å². The Hall–Kier alpha value is -3.05. The number of rotatable bonds is 3. The van der Waals surface area contributed by atoms with Gasteiger partial charge in [0.05, 0.1) is 18.2 Å². The van der Waals surface area contributed by atoms with Gasteiger partial charge in [0.1, 0.15) is 12.3 Å². The molecule has 0 saturated carbocycles. The summed E-state index contributed by atoms with van der Waals surface area (Å²) in [5, 5.41) is 13.7. The number of carbonyl (C=O) groups is 1. The molecule has 2 atom stereocenters. The second kappa shape index (κ2) is 7.08. The van der Waals surface area contributed by atoms with Gasteiger partial charge in [-0.1, -0.05) is 30.0 Å². The van der Waals surface area contributed by atoms with Crippen molar-refractivity contribution in [2.75, 3.05) is 6.54 Å². The quantitative estimate of drug-likeness (QED) is 0.678. The summed E-state index contributed by atoms with van der Waals surface area (Å²) >= 11 is 0. The minimum Gasteiger partial charge on any atom is -0.872 e. The van der Waals surface area contributed by atoms with Crippen LogP contribution in [0.3, 0.4) is 0 Å². The Morgan fingerprint density at radius 3 is 2.97 bits per heavy atom. The number of benzene rings is 2. The maximum atomic E-state index is 13.0. The third-order valence-corrected chi connectivity index (χ3v) is 6.29. The highest BCUT2D eigenvalue weighted by molar-refractivity contribution is 6.15. The molecular formula is C24H24N2O3. The Bertz CT molecular complexity index is 1130. The number of allylic oxidation sites excluding steroid dienone is 1. The van der Waals surface area contributed by atoms with E-state index in [9.17, 15) is 9.90 Å². The van der Waals surface area contributed by atoms with E-state index in [-0.39, 0.29) is 17.3 Å². The molecule has 148 valence electrons. The molecule has 2 aromatic carbocycles. The number of fused-ring (bicyclic) bond motifs is 2. The van der Waals surface area contributed by atoms with Crippen molar-refractivity contribution in [3.05, 3.63) is 65.0 Å². The Labute approximate surface area is 169 Å². The molecule has 5 nitrogen and oxygen atoms in total. The zero-order valence-electron chi connectivity index (χ0n) is 16.5. The lowest BCUT2D eigenvalue weighted by Gasteiger charge is -2.31. The van der Waals surface area contributed by atoms with E-state index in [1.165, 1.54) is 30.2 Å². The Balaban J connectivity index is 1.50. The molecule has 3 aromatic rings. The van der Waals surface area contributed by atoms with Crippen LogP contribution in [0.25, 0.3) is 17.0 Å². The molecule has 2 aliphatic rings. The number of piperidine rings is 1. The number of aromatic nitrogens is 1. The summed E-state index contributed by atoms with van der Waals surface area (Å²) in [7, 11) is 0. The van der Waals surface area contributed by atoms with Crippen LogP contribution in [0, 0.1) is 0 Å². The zero-order valence-corrected chi connectivity index (χ0v) is 16.5. The third kappa shape index (κ3) is 3.12. The molecule has 1 aromatic heterocycles. The number of Topliss-reactive ketones (excluding diaryl/α,β-unsaturated/α-hetero) is 1. The number of nitrogens with one attached hydrogen (secondary N) is 2. The van der Waals surface area contributed by atoms with E-state index >= 15 is 0 Å². The van der Waals surface area contributed by atoms with Gasteiger partial charge in [-0.25, -0.2) is 0 Å². The van der Waals surface area contributed by atoms with Gasteiger partial charge in [0.15, 0.2) is 5.76 Å². The average molecular weight is 388 g/mol. The van der Waals surface area contributed by atoms with Gasteiger partial charge in [0.25, 0.3) is 0 Å². The number of ether oxygens (including phenoxy) is 1. The van der Waals surface area contributed by atoms with Gasteiger partial charge in [-0.3, -0.25) is 4.79 Å². The lowest BCUT2D eigenvalue weighted by Crippen LogP contribution is -3.14. The van der Waals surface area contributed by atoms with Gasteiger partial charge in [-0.15, -0.1) is 0 Å². The minimum atomic E-state index is -0.159. The molecule has 0 amide bonds. The van der Waals surface area contributed by atoms with Crippen molar-refractivity contribution in [2.45, 2.75) is 38.8 Å². The summed E-state index contributed by atoms with van der Waals surface area (Å²) < 4.78 is 6.01. The summed E-state index contributed by atoms with van der Waals surface area (Å²) in [6.45, 7) is 3.89. The number of quaternary nitrogens is 1. The number of aromatic amines is 1. The van der Waals surface area contributed by atoms with Crippen molar-refractivity contribution >= 4 is 22.8 Å². The Kier molecular flexibility index (Phi) is 4.40. The monoisotopic (exact) mass is 388 g/mol. The first-order valence-electron chi connectivity index (χ1n) is 10.3. The van der Waals surface area contributed by atoms with Crippen LogP contribution in [0.5, 0.6) is 11.5 Å². The van der Waals surface area contributed by atoms with Gasteiger partial charge >= 0.3 is 0 Å². The first kappa shape index (κ1) is 18.0. The fourth-order valence-electron chi connectivity index (χ4n) is 4.55. The smallest absolute Gasteiger partial charge is 0.231 e. The first-order valence-corrected chi connectivity index (χ1v) is 10.3. The maximum absolute atomic E-state index is 13.0. The molecule has 0 aliphatic carbocycles. The summed E-state index contributed by atoms with van der Waals surface area (Å²) in [5.41, 5.74) is 3.03. The van der Waals surface area contributed by atoms with E-state index in [2.05, 4.69) is 11.9 Å². The largest absolute Gasteiger partial charge is 0.872 e. The molecule has 1 saturated heterocycles.